The molecule has 108 valence electrons. The van der Waals surface area contributed by atoms with Gasteiger partial charge in [-0.25, -0.2) is 0 Å². The van der Waals surface area contributed by atoms with Gasteiger partial charge in [0.25, 0.3) is 0 Å². The minimum absolute atomic E-state index is 0.348. The molecule has 1 aromatic heterocycles. The van der Waals surface area contributed by atoms with E-state index in [1.807, 2.05) is 24.3 Å². The summed E-state index contributed by atoms with van der Waals surface area (Å²) in [4.78, 5) is 28.0. The highest BCUT2D eigenvalue weighted by molar-refractivity contribution is 6.54. The third-order valence-corrected chi connectivity index (χ3v) is 4.26. The number of fused-ring (bicyclic) bond motifs is 3. The molecule has 3 heteroatoms. The van der Waals surface area contributed by atoms with E-state index in [0.29, 0.717) is 11.1 Å². The maximum atomic E-state index is 12.4. The van der Waals surface area contributed by atoms with Gasteiger partial charge in [-0.2, -0.15) is 0 Å². The number of carbonyl (C=O) groups excluding carboxylic acids is 2. The molecule has 0 saturated carbocycles. The summed E-state index contributed by atoms with van der Waals surface area (Å²) in [5.74, 6) is -0.724. The molecule has 0 spiro atoms. The van der Waals surface area contributed by atoms with E-state index in [9.17, 15) is 9.59 Å². The number of benzene rings is 1. The average molecular weight is 281 g/mol. The zero-order chi connectivity index (χ0) is 15.0. The number of para-hydroxylation sites is 1. The largest absolute Gasteiger partial charge is 0.354 e. The molecule has 1 aliphatic carbocycles. The normalized spacial score (nSPS) is 15.0. The van der Waals surface area contributed by atoms with Gasteiger partial charge in [-0.15, -0.1) is 0 Å². The summed E-state index contributed by atoms with van der Waals surface area (Å²) < 4.78 is 0. The number of carbonyl (C=O) groups is 2. The molecule has 0 saturated heterocycles. The van der Waals surface area contributed by atoms with Crippen LogP contribution in [0.2, 0.25) is 0 Å². The lowest BCUT2D eigenvalue weighted by atomic mass is 9.85. The highest BCUT2D eigenvalue weighted by Gasteiger charge is 2.33. The van der Waals surface area contributed by atoms with Crippen LogP contribution in [0.1, 0.15) is 55.6 Å². The van der Waals surface area contributed by atoms with Crippen molar-refractivity contribution >= 4 is 28.0 Å². The molecule has 0 amide bonds. The van der Waals surface area contributed by atoms with Gasteiger partial charge in [-0.3, -0.25) is 9.59 Å². The molecule has 21 heavy (non-hydrogen) atoms. The Labute approximate surface area is 124 Å². The fraction of sp³-hybridized carbons (Fsp3) is 0.333. The van der Waals surface area contributed by atoms with E-state index in [2.05, 4.69) is 11.9 Å². The average Bonchev–Trinajstić information content (AvgIpc) is 2.88. The van der Waals surface area contributed by atoms with Crippen LogP contribution in [0.5, 0.6) is 0 Å². The number of rotatable bonds is 4. The molecule has 0 bridgehead atoms. The van der Waals surface area contributed by atoms with Gasteiger partial charge >= 0.3 is 0 Å². The van der Waals surface area contributed by atoms with Crippen LogP contribution in [-0.2, 0) is 4.79 Å². The van der Waals surface area contributed by atoms with Crippen LogP contribution in [0.3, 0.4) is 0 Å². The summed E-state index contributed by atoms with van der Waals surface area (Å²) in [6, 6.07) is 7.69. The Bertz CT molecular complexity index is 765. The highest BCUT2D eigenvalue weighted by atomic mass is 16.2. The summed E-state index contributed by atoms with van der Waals surface area (Å²) in [5, 5.41) is 0.853. The monoisotopic (exact) mass is 281 g/mol. The second-order valence-corrected chi connectivity index (χ2v) is 5.64. The van der Waals surface area contributed by atoms with Crippen molar-refractivity contribution < 1.29 is 9.59 Å². The van der Waals surface area contributed by atoms with Crippen molar-refractivity contribution in [3.05, 3.63) is 41.1 Å². The number of hydrogen-bond donors (Lipinski definition) is 1. The van der Waals surface area contributed by atoms with Gasteiger partial charge in [0.05, 0.1) is 11.3 Å². The maximum absolute atomic E-state index is 12.4. The molecular formula is C18H19NO2. The van der Waals surface area contributed by atoms with E-state index >= 15 is 0 Å². The summed E-state index contributed by atoms with van der Waals surface area (Å²) >= 11 is 0. The first-order valence-electron chi connectivity index (χ1n) is 7.55. The van der Waals surface area contributed by atoms with Gasteiger partial charge in [0.2, 0.25) is 11.6 Å². The van der Waals surface area contributed by atoms with Gasteiger partial charge in [-0.1, -0.05) is 38.0 Å². The smallest absolute Gasteiger partial charge is 0.235 e. The molecule has 0 aliphatic heterocycles. The number of aromatic nitrogens is 1. The molecule has 1 aliphatic rings. The van der Waals surface area contributed by atoms with Gasteiger partial charge in [0.1, 0.15) is 0 Å². The fourth-order valence-electron chi connectivity index (χ4n) is 3.08. The molecule has 1 heterocycles. The van der Waals surface area contributed by atoms with Gasteiger partial charge < -0.3 is 4.98 Å². The predicted molar refractivity (Wildman–Crippen MR) is 84.4 cm³/mol. The minimum atomic E-state index is -0.376. The molecule has 0 atom stereocenters. The number of hydrogen-bond acceptors (Lipinski definition) is 2. The Balaban J connectivity index is 2.17. The summed E-state index contributed by atoms with van der Waals surface area (Å²) in [5.41, 5.74) is 3.96. The number of nitrogens with one attached hydrogen (secondary N) is 1. The summed E-state index contributed by atoms with van der Waals surface area (Å²) in [6.07, 6.45) is 4.16. The minimum Gasteiger partial charge on any atom is -0.354 e. The molecule has 0 radical (unpaired) electrons. The van der Waals surface area contributed by atoms with E-state index in [0.717, 1.165) is 47.9 Å². The first-order chi connectivity index (χ1) is 10.1. The molecule has 2 aromatic rings. The Morgan fingerprint density at radius 1 is 1.05 bits per heavy atom. The van der Waals surface area contributed by atoms with Crippen LogP contribution in [0.15, 0.2) is 29.8 Å². The predicted octanol–water partition coefficient (Wildman–Crippen LogP) is 4.29. The molecule has 0 fully saturated rings. The van der Waals surface area contributed by atoms with Crippen molar-refractivity contribution in [2.75, 3.05) is 0 Å². The zero-order valence-electron chi connectivity index (χ0n) is 12.5. The van der Waals surface area contributed by atoms with Crippen molar-refractivity contribution in [2.45, 2.75) is 39.5 Å². The van der Waals surface area contributed by atoms with Gasteiger partial charge in [-0.05, 0) is 31.4 Å². The molecule has 1 N–H and O–H groups in total. The summed E-state index contributed by atoms with van der Waals surface area (Å²) in [7, 11) is 0. The first-order valence-corrected chi connectivity index (χ1v) is 7.55. The van der Waals surface area contributed by atoms with E-state index in [1.54, 1.807) is 6.92 Å². The van der Waals surface area contributed by atoms with Crippen LogP contribution in [-0.4, -0.2) is 16.6 Å². The number of allylic oxidation sites excluding steroid dienone is 2. The second-order valence-electron chi connectivity index (χ2n) is 5.64. The van der Waals surface area contributed by atoms with Crippen LogP contribution >= 0.6 is 0 Å². The number of unbranched alkanes of at least 4 members (excludes halogenated alkanes) is 2. The number of ketones is 2. The number of Topliss-reactive ketones (excluding diaryl/α,β-unsaturated/α-hetero) is 2. The van der Waals surface area contributed by atoms with Crippen LogP contribution in [0.4, 0.5) is 0 Å². The van der Waals surface area contributed by atoms with Crippen molar-refractivity contribution in [3.8, 4) is 0 Å². The molecule has 3 nitrogen and oxygen atoms in total. The first kappa shape index (κ1) is 13.8. The topological polar surface area (TPSA) is 49.9 Å². The highest BCUT2D eigenvalue weighted by Crippen LogP contribution is 2.36. The summed E-state index contributed by atoms with van der Waals surface area (Å²) in [6.45, 7) is 3.93. The Morgan fingerprint density at radius 3 is 2.57 bits per heavy atom. The van der Waals surface area contributed by atoms with E-state index in [1.165, 1.54) is 0 Å². The Hall–Kier alpha value is -2.16. The number of aromatic amines is 1. The third kappa shape index (κ3) is 2.13. The quantitative estimate of drug-likeness (QED) is 0.671. The van der Waals surface area contributed by atoms with Crippen molar-refractivity contribution in [1.82, 2.24) is 4.98 Å². The van der Waals surface area contributed by atoms with Gasteiger partial charge in [0.15, 0.2) is 0 Å². The molecular weight excluding hydrogens is 262 g/mol. The van der Waals surface area contributed by atoms with E-state index in [-0.39, 0.29) is 11.6 Å². The van der Waals surface area contributed by atoms with Crippen LogP contribution in [0.25, 0.3) is 16.5 Å². The SMILES string of the molecule is CCCCCC1=C(C)C(=O)C(=O)c2c1[nH]c1ccccc21. The lowest BCUT2D eigenvalue weighted by Gasteiger charge is -2.17. The molecule has 1 aromatic carbocycles. The van der Waals surface area contributed by atoms with Crippen LogP contribution < -0.4 is 0 Å². The van der Waals surface area contributed by atoms with E-state index < -0.39 is 0 Å². The zero-order valence-corrected chi connectivity index (χ0v) is 12.5. The second kappa shape index (κ2) is 5.32. The maximum Gasteiger partial charge on any atom is 0.235 e. The fourth-order valence-corrected chi connectivity index (χ4v) is 3.08. The van der Waals surface area contributed by atoms with Crippen molar-refractivity contribution in [2.24, 2.45) is 0 Å². The standard InChI is InChI=1S/C18H19NO2/c1-3-4-5-8-12-11(2)17(20)18(21)15-13-9-6-7-10-14(13)19-16(12)15/h6-7,9-10,19H,3-5,8H2,1-2H3. The Morgan fingerprint density at radius 2 is 1.81 bits per heavy atom. The van der Waals surface area contributed by atoms with E-state index in [4.69, 9.17) is 0 Å². The third-order valence-electron chi connectivity index (χ3n) is 4.26. The van der Waals surface area contributed by atoms with Crippen LogP contribution in [0, 0.1) is 0 Å². The lowest BCUT2D eigenvalue weighted by molar-refractivity contribution is -0.111. The molecule has 3 rings (SSSR count). The van der Waals surface area contributed by atoms with Crippen molar-refractivity contribution in [3.63, 3.8) is 0 Å². The molecule has 0 unspecified atom stereocenters. The van der Waals surface area contributed by atoms with Gasteiger partial charge in [0, 0.05) is 16.5 Å². The van der Waals surface area contributed by atoms with Crippen molar-refractivity contribution in [1.29, 1.82) is 0 Å². The lowest BCUT2D eigenvalue weighted by Crippen LogP contribution is -2.22. The Kier molecular flexibility index (Phi) is 3.50. The number of H-pyrrole nitrogens is 1.